The molecule has 0 saturated carbocycles. The van der Waals surface area contributed by atoms with Crippen LogP contribution in [-0.2, 0) is 6.42 Å². The summed E-state index contributed by atoms with van der Waals surface area (Å²) in [5, 5.41) is 3.11. The van der Waals surface area contributed by atoms with Gasteiger partial charge < -0.3 is 5.32 Å². The Hall–Kier alpha value is -0.390. The molecule has 0 aliphatic carbocycles. The minimum Gasteiger partial charge on any atom is -0.372 e. The Kier molecular flexibility index (Phi) is 4.10. The van der Waals surface area contributed by atoms with Crippen molar-refractivity contribution >= 4 is 28.4 Å². The molecule has 0 fully saturated rings. The molecule has 78 valence electrons. The highest BCUT2D eigenvalue weighted by Crippen LogP contribution is 2.21. The lowest BCUT2D eigenvalue weighted by molar-refractivity contribution is 0.757. The van der Waals surface area contributed by atoms with Gasteiger partial charge in [-0.25, -0.2) is 9.97 Å². The molecule has 0 aliphatic heterocycles. The summed E-state index contributed by atoms with van der Waals surface area (Å²) < 4.78 is 1.14. The van der Waals surface area contributed by atoms with Crippen molar-refractivity contribution in [3.63, 3.8) is 0 Å². The number of hydrogen-bond donors (Lipinski definition) is 1. The van der Waals surface area contributed by atoms with Gasteiger partial charge in [-0.3, -0.25) is 0 Å². The highest BCUT2D eigenvalue weighted by Gasteiger charge is 2.11. The van der Waals surface area contributed by atoms with Crippen LogP contribution in [0, 0.1) is 3.57 Å². The van der Waals surface area contributed by atoms with Gasteiger partial charge in [-0.05, 0) is 29.0 Å². The zero-order valence-electron chi connectivity index (χ0n) is 9.06. The third-order valence-corrected chi connectivity index (χ3v) is 3.16. The van der Waals surface area contributed by atoms with Crippen LogP contribution in [0.25, 0.3) is 0 Å². The third-order valence-electron chi connectivity index (χ3n) is 2.03. The summed E-state index contributed by atoms with van der Waals surface area (Å²) in [6.07, 6.45) is 0.954. The molecule has 1 N–H and O–H groups in total. The molecule has 1 aromatic rings. The van der Waals surface area contributed by atoms with Gasteiger partial charge in [0.25, 0.3) is 0 Å². The molecule has 0 radical (unpaired) electrons. The summed E-state index contributed by atoms with van der Waals surface area (Å²) in [6.45, 7) is 6.34. The predicted octanol–water partition coefficient (Wildman–Crippen LogP) is 2.81. The fourth-order valence-electron chi connectivity index (χ4n) is 1.17. The smallest absolute Gasteiger partial charge is 0.143 e. The first-order valence-electron chi connectivity index (χ1n) is 4.84. The largest absolute Gasteiger partial charge is 0.372 e. The molecule has 14 heavy (non-hydrogen) atoms. The van der Waals surface area contributed by atoms with E-state index in [1.54, 1.807) is 0 Å². The lowest BCUT2D eigenvalue weighted by Gasteiger charge is -2.11. The maximum absolute atomic E-state index is 4.54. The number of aromatic nitrogens is 2. The number of anilines is 1. The monoisotopic (exact) mass is 305 g/mol. The van der Waals surface area contributed by atoms with Crippen LogP contribution in [0.4, 0.5) is 5.82 Å². The Morgan fingerprint density at radius 3 is 2.43 bits per heavy atom. The molecule has 0 unspecified atom stereocenters. The fourth-order valence-corrected chi connectivity index (χ4v) is 2.06. The molecule has 1 aromatic heterocycles. The first-order valence-corrected chi connectivity index (χ1v) is 5.92. The fraction of sp³-hybridized carbons (Fsp3) is 0.600. The SMILES string of the molecule is CCc1nc(C(C)C)nc(NC)c1I. The Labute approximate surface area is 98.9 Å². The molecular formula is C10H16IN3. The summed E-state index contributed by atoms with van der Waals surface area (Å²) in [4.78, 5) is 9.01. The molecule has 0 atom stereocenters. The van der Waals surface area contributed by atoms with Gasteiger partial charge in [0.1, 0.15) is 11.6 Å². The lowest BCUT2D eigenvalue weighted by atomic mass is 10.2. The molecule has 4 heteroatoms. The zero-order valence-corrected chi connectivity index (χ0v) is 11.2. The van der Waals surface area contributed by atoms with Crippen LogP contribution >= 0.6 is 22.6 Å². The van der Waals surface area contributed by atoms with Gasteiger partial charge in [0.2, 0.25) is 0 Å². The number of nitrogens with zero attached hydrogens (tertiary/aromatic N) is 2. The molecule has 1 rings (SSSR count). The minimum absolute atomic E-state index is 0.379. The molecule has 0 aromatic carbocycles. The van der Waals surface area contributed by atoms with Crippen molar-refractivity contribution in [1.82, 2.24) is 9.97 Å². The van der Waals surface area contributed by atoms with E-state index in [0.29, 0.717) is 5.92 Å². The van der Waals surface area contributed by atoms with E-state index in [9.17, 15) is 0 Å². The van der Waals surface area contributed by atoms with Crippen LogP contribution in [0.15, 0.2) is 0 Å². The maximum Gasteiger partial charge on any atom is 0.143 e. The van der Waals surface area contributed by atoms with Gasteiger partial charge in [0.15, 0.2) is 0 Å². The molecule has 0 saturated heterocycles. The van der Waals surface area contributed by atoms with E-state index in [2.05, 4.69) is 58.6 Å². The van der Waals surface area contributed by atoms with E-state index < -0.39 is 0 Å². The van der Waals surface area contributed by atoms with E-state index in [-0.39, 0.29) is 0 Å². The summed E-state index contributed by atoms with van der Waals surface area (Å²) in [5.41, 5.74) is 1.13. The van der Waals surface area contributed by atoms with E-state index in [1.165, 1.54) is 0 Å². The molecule has 0 aliphatic rings. The Morgan fingerprint density at radius 1 is 1.36 bits per heavy atom. The molecule has 0 spiro atoms. The highest BCUT2D eigenvalue weighted by molar-refractivity contribution is 14.1. The van der Waals surface area contributed by atoms with E-state index in [0.717, 1.165) is 27.3 Å². The van der Waals surface area contributed by atoms with Crippen molar-refractivity contribution in [2.24, 2.45) is 0 Å². The molecule has 1 heterocycles. The molecular weight excluding hydrogens is 289 g/mol. The molecule has 0 amide bonds. The van der Waals surface area contributed by atoms with Gasteiger partial charge in [-0.15, -0.1) is 0 Å². The maximum atomic E-state index is 4.54. The summed E-state index contributed by atoms with van der Waals surface area (Å²) in [6, 6.07) is 0. The van der Waals surface area contributed by atoms with Crippen LogP contribution in [0.3, 0.4) is 0 Å². The standard InChI is InChI=1S/C10H16IN3/c1-5-7-8(11)10(12-4)14-9(13-7)6(2)3/h6H,5H2,1-4H3,(H,12,13,14). The van der Waals surface area contributed by atoms with Crippen molar-refractivity contribution in [1.29, 1.82) is 0 Å². The summed E-state index contributed by atoms with van der Waals surface area (Å²) in [5.74, 6) is 2.25. The van der Waals surface area contributed by atoms with Gasteiger partial charge in [0.05, 0.1) is 9.26 Å². The number of nitrogens with one attached hydrogen (secondary N) is 1. The third kappa shape index (κ3) is 2.34. The summed E-state index contributed by atoms with van der Waals surface area (Å²) >= 11 is 2.29. The van der Waals surface area contributed by atoms with E-state index >= 15 is 0 Å². The first-order chi connectivity index (χ1) is 6.60. The van der Waals surface area contributed by atoms with Crippen molar-refractivity contribution < 1.29 is 0 Å². The Bertz CT molecular complexity index is 298. The van der Waals surface area contributed by atoms with E-state index in [1.807, 2.05) is 7.05 Å². The van der Waals surface area contributed by atoms with Gasteiger partial charge in [0, 0.05) is 13.0 Å². The quantitative estimate of drug-likeness (QED) is 0.873. The van der Waals surface area contributed by atoms with E-state index in [4.69, 9.17) is 0 Å². The van der Waals surface area contributed by atoms with Crippen LogP contribution in [0.5, 0.6) is 0 Å². The van der Waals surface area contributed by atoms with Crippen LogP contribution in [0.1, 0.15) is 38.2 Å². The average Bonchev–Trinajstić information content (AvgIpc) is 2.17. The van der Waals surface area contributed by atoms with Crippen LogP contribution < -0.4 is 5.32 Å². The normalized spacial score (nSPS) is 10.7. The van der Waals surface area contributed by atoms with Gasteiger partial charge >= 0.3 is 0 Å². The van der Waals surface area contributed by atoms with Gasteiger partial charge in [-0.2, -0.15) is 0 Å². The minimum atomic E-state index is 0.379. The summed E-state index contributed by atoms with van der Waals surface area (Å²) in [7, 11) is 1.90. The Morgan fingerprint density at radius 2 is 2.00 bits per heavy atom. The number of aryl methyl sites for hydroxylation is 1. The highest BCUT2D eigenvalue weighted by atomic mass is 127. The number of halogens is 1. The van der Waals surface area contributed by atoms with Crippen molar-refractivity contribution in [2.75, 3.05) is 12.4 Å². The van der Waals surface area contributed by atoms with Crippen LogP contribution in [-0.4, -0.2) is 17.0 Å². The predicted molar refractivity (Wildman–Crippen MR) is 67.8 cm³/mol. The number of hydrogen-bond acceptors (Lipinski definition) is 3. The second kappa shape index (κ2) is 4.91. The number of rotatable bonds is 3. The molecule has 0 bridgehead atoms. The van der Waals surface area contributed by atoms with Crippen LogP contribution in [0.2, 0.25) is 0 Å². The van der Waals surface area contributed by atoms with Crippen molar-refractivity contribution in [2.45, 2.75) is 33.1 Å². The topological polar surface area (TPSA) is 37.8 Å². The van der Waals surface area contributed by atoms with Crippen molar-refractivity contribution in [3.05, 3.63) is 15.1 Å². The zero-order chi connectivity index (χ0) is 10.7. The van der Waals surface area contributed by atoms with Crippen molar-refractivity contribution in [3.8, 4) is 0 Å². The second-order valence-corrected chi connectivity index (χ2v) is 4.53. The molecule has 3 nitrogen and oxygen atoms in total. The first kappa shape index (κ1) is 11.7. The lowest BCUT2D eigenvalue weighted by Crippen LogP contribution is -2.08. The second-order valence-electron chi connectivity index (χ2n) is 3.45. The average molecular weight is 305 g/mol. The Balaban J connectivity index is 3.25. The van der Waals surface area contributed by atoms with Gasteiger partial charge in [-0.1, -0.05) is 20.8 Å².